The third-order valence-corrected chi connectivity index (χ3v) is 4.97. The van der Waals surface area contributed by atoms with Crippen LogP contribution in [-0.2, 0) is 14.3 Å². The van der Waals surface area contributed by atoms with Crippen LogP contribution in [0.2, 0.25) is 0 Å². The molecule has 0 aliphatic rings. The number of amides is 2. The zero-order valence-electron chi connectivity index (χ0n) is 16.3. The fourth-order valence-corrected chi connectivity index (χ4v) is 3.50. The molecular weight excluding hydrogens is 384 g/mol. The summed E-state index contributed by atoms with van der Waals surface area (Å²) < 4.78 is 15.4. The molecule has 28 heavy (non-hydrogen) atoms. The molecule has 1 heterocycles. The second kappa shape index (κ2) is 9.23. The number of carbonyl (C=O) groups excluding carboxylic acids is 3. The first kappa shape index (κ1) is 21.2. The smallest absolute Gasteiger partial charge is 0.341 e. The number of aryl methyl sites for hydroxylation is 1. The first-order valence-electron chi connectivity index (χ1n) is 8.32. The van der Waals surface area contributed by atoms with Crippen molar-refractivity contribution < 1.29 is 28.6 Å². The molecule has 0 unspecified atom stereocenters. The Labute approximate surface area is 166 Å². The molecule has 0 bridgehead atoms. The van der Waals surface area contributed by atoms with Gasteiger partial charge in [-0.15, -0.1) is 11.3 Å². The van der Waals surface area contributed by atoms with Crippen molar-refractivity contribution in [3.05, 3.63) is 34.2 Å². The van der Waals surface area contributed by atoms with Crippen LogP contribution in [-0.4, -0.2) is 38.6 Å². The average molecular weight is 406 g/mol. The summed E-state index contributed by atoms with van der Waals surface area (Å²) >= 11 is 1.28. The normalized spacial score (nSPS) is 10.2. The molecule has 2 N–H and O–H groups in total. The second-order valence-corrected chi connectivity index (χ2v) is 7.12. The van der Waals surface area contributed by atoms with Crippen LogP contribution in [0.15, 0.2) is 18.2 Å². The van der Waals surface area contributed by atoms with E-state index in [9.17, 15) is 14.4 Å². The summed E-state index contributed by atoms with van der Waals surface area (Å²) in [6.07, 6.45) is 0. The topological polar surface area (TPSA) is 103 Å². The fraction of sp³-hybridized carbons (Fsp3) is 0.316. The number of ether oxygens (including phenoxy) is 3. The standard InChI is InChI=1S/C19H22N2O6S/c1-10-11(2)28-18(20-12(3)22)17(10)19(24)27-9-16(23)21-13-6-14(25-4)8-15(7-13)26-5/h6-8H,9H2,1-5H3,(H,20,22)(H,21,23). The first-order valence-corrected chi connectivity index (χ1v) is 9.14. The molecule has 2 rings (SSSR count). The average Bonchev–Trinajstić information content (AvgIpc) is 2.92. The van der Waals surface area contributed by atoms with Crippen LogP contribution in [0.3, 0.4) is 0 Å². The molecule has 0 radical (unpaired) electrons. The number of benzene rings is 1. The zero-order chi connectivity index (χ0) is 20.8. The van der Waals surface area contributed by atoms with Crippen LogP contribution in [0.4, 0.5) is 10.7 Å². The van der Waals surface area contributed by atoms with E-state index in [4.69, 9.17) is 14.2 Å². The summed E-state index contributed by atoms with van der Waals surface area (Å²) in [5.41, 5.74) is 1.41. The van der Waals surface area contributed by atoms with Crippen LogP contribution in [0.1, 0.15) is 27.7 Å². The summed E-state index contributed by atoms with van der Waals surface area (Å²) in [5.74, 6) is -0.467. The van der Waals surface area contributed by atoms with Crippen molar-refractivity contribution in [2.75, 3.05) is 31.5 Å². The Balaban J connectivity index is 2.05. The van der Waals surface area contributed by atoms with E-state index in [1.165, 1.54) is 32.5 Å². The second-order valence-electron chi connectivity index (χ2n) is 5.89. The molecule has 0 fully saturated rings. The Morgan fingerprint density at radius 2 is 1.61 bits per heavy atom. The number of thiophene rings is 1. The summed E-state index contributed by atoms with van der Waals surface area (Å²) in [5, 5.41) is 5.65. The predicted octanol–water partition coefficient (Wildman–Crippen LogP) is 3.14. The van der Waals surface area contributed by atoms with Crippen LogP contribution in [0, 0.1) is 13.8 Å². The third kappa shape index (κ3) is 5.23. The van der Waals surface area contributed by atoms with Gasteiger partial charge in [-0.1, -0.05) is 0 Å². The highest BCUT2D eigenvalue weighted by molar-refractivity contribution is 7.16. The number of hydrogen-bond acceptors (Lipinski definition) is 7. The quantitative estimate of drug-likeness (QED) is 0.685. The summed E-state index contributed by atoms with van der Waals surface area (Å²) in [6, 6.07) is 4.90. The highest BCUT2D eigenvalue weighted by atomic mass is 32.1. The van der Waals surface area contributed by atoms with Crippen LogP contribution < -0.4 is 20.1 Å². The molecule has 0 spiro atoms. The van der Waals surface area contributed by atoms with Gasteiger partial charge < -0.3 is 24.8 Å². The molecule has 8 nitrogen and oxygen atoms in total. The van der Waals surface area contributed by atoms with Gasteiger partial charge in [-0.3, -0.25) is 9.59 Å². The molecule has 1 aromatic heterocycles. The molecule has 0 aliphatic heterocycles. The van der Waals surface area contributed by atoms with Crippen molar-refractivity contribution >= 4 is 39.8 Å². The maximum atomic E-state index is 12.5. The van der Waals surface area contributed by atoms with Crippen LogP contribution in [0.25, 0.3) is 0 Å². The van der Waals surface area contributed by atoms with Crippen LogP contribution >= 0.6 is 11.3 Å². The van der Waals surface area contributed by atoms with Gasteiger partial charge in [0.1, 0.15) is 16.5 Å². The highest BCUT2D eigenvalue weighted by Gasteiger charge is 2.22. The largest absolute Gasteiger partial charge is 0.497 e. The zero-order valence-corrected chi connectivity index (χ0v) is 17.1. The minimum absolute atomic E-state index is 0.258. The van der Waals surface area contributed by atoms with Crippen molar-refractivity contribution in [1.82, 2.24) is 0 Å². The number of carbonyl (C=O) groups is 3. The monoisotopic (exact) mass is 406 g/mol. The van der Waals surface area contributed by atoms with Gasteiger partial charge in [-0.25, -0.2) is 4.79 Å². The lowest BCUT2D eigenvalue weighted by atomic mass is 10.1. The molecule has 1 aromatic carbocycles. The fourth-order valence-electron chi connectivity index (χ4n) is 2.40. The maximum Gasteiger partial charge on any atom is 0.341 e. The Bertz CT molecular complexity index is 884. The lowest BCUT2D eigenvalue weighted by molar-refractivity contribution is -0.119. The number of nitrogens with one attached hydrogen (secondary N) is 2. The summed E-state index contributed by atoms with van der Waals surface area (Å²) in [6.45, 7) is 4.48. The molecule has 0 saturated carbocycles. The lowest BCUT2D eigenvalue weighted by Crippen LogP contribution is -2.21. The van der Waals surface area contributed by atoms with Gasteiger partial charge in [0.25, 0.3) is 5.91 Å². The van der Waals surface area contributed by atoms with Crippen molar-refractivity contribution in [1.29, 1.82) is 0 Å². The van der Waals surface area contributed by atoms with Gasteiger partial charge in [-0.2, -0.15) is 0 Å². The molecule has 2 aromatic rings. The van der Waals surface area contributed by atoms with Gasteiger partial charge in [0.2, 0.25) is 5.91 Å². The van der Waals surface area contributed by atoms with Gasteiger partial charge in [0.05, 0.1) is 19.8 Å². The van der Waals surface area contributed by atoms with E-state index < -0.39 is 18.5 Å². The number of esters is 1. The highest BCUT2D eigenvalue weighted by Crippen LogP contribution is 2.33. The number of rotatable bonds is 7. The SMILES string of the molecule is COc1cc(NC(=O)COC(=O)c2c(NC(C)=O)sc(C)c2C)cc(OC)c1. The van der Waals surface area contributed by atoms with Crippen molar-refractivity contribution in [3.8, 4) is 11.5 Å². The third-order valence-electron chi connectivity index (χ3n) is 3.85. The van der Waals surface area contributed by atoms with Gasteiger partial charge in [0, 0.05) is 35.7 Å². The van der Waals surface area contributed by atoms with E-state index in [1.54, 1.807) is 25.1 Å². The van der Waals surface area contributed by atoms with Crippen LogP contribution in [0.5, 0.6) is 11.5 Å². The van der Waals surface area contributed by atoms with E-state index in [-0.39, 0.29) is 11.5 Å². The molecule has 0 aliphatic carbocycles. The Hall–Kier alpha value is -3.07. The minimum atomic E-state index is -0.677. The Morgan fingerprint density at radius 1 is 1.00 bits per heavy atom. The van der Waals surface area contributed by atoms with Crippen molar-refractivity contribution in [2.24, 2.45) is 0 Å². The van der Waals surface area contributed by atoms with Crippen molar-refractivity contribution in [3.63, 3.8) is 0 Å². The van der Waals surface area contributed by atoms with Gasteiger partial charge in [-0.05, 0) is 19.4 Å². The Morgan fingerprint density at radius 3 is 2.14 bits per heavy atom. The number of hydrogen-bond donors (Lipinski definition) is 2. The van der Waals surface area contributed by atoms with E-state index in [1.807, 2.05) is 6.92 Å². The maximum absolute atomic E-state index is 12.5. The van der Waals surface area contributed by atoms with E-state index in [0.717, 1.165) is 4.88 Å². The molecule has 2 amide bonds. The molecular formula is C19H22N2O6S. The van der Waals surface area contributed by atoms with E-state index in [2.05, 4.69) is 10.6 Å². The summed E-state index contributed by atoms with van der Waals surface area (Å²) in [4.78, 5) is 36.8. The van der Waals surface area contributed by atoms with Gasteiger partial charge >= 0.3 is 5.97 Å². The lowest BCUT2D eigenvalue weighted by Gasteiger charge is -2.10. The van der Waals surface area contributed by atoms with E-state index in [0.29, 0.717) is 27.8 Å². The predicted molar refractivity (Wildman–Crippen MR) is 107 cm³/mol. The molecule has 0 saturated heterocycles. The first-order chi connectivity index (χ1) is 13.2. The molecule has 150 valence electrons. The minimum Gasteiger partial charge on any atom is -0.497 e. The van der Waals surface area contributed by atoms with Gasteiger partial charge in [0.15, 0.2) is 6.61 Å². The Kier molecular flexibility index (Phi) is 7.00. The molecule has 0 atom stereocenters. The number of methoxy groups -OCH3 is 2. The van der Waals surface area contributed by atoms with Crippen molar-refractivity contribution in [2.45, 2.75) is 20.8 Å². The summed E-state index contributed by atoms with van der Waals surface area (Å²) in [7, 11) is 3.00. The number of anilines is 2. The molecule has 9 heteroatoms. The van der Waals surface area contributed by atoms with E-state index >= 15 is 0 Å².